The molecular formula is C8H18N2O2. The fourth-order valence-electron chi connectivity index (χ4n) is 0.728. The first-order chi connectivity index (χ1) is 5.25. The average molecular weight is 174 g/mol. The Labute approximate surface area is 72.9 Å². The Morgan fingerprint density at radius 1 is 1.42 bits per heavy atom. The van der Waals surface area contributed by atoms with Gasteiger partial charge in [-0.3, -0.25) is 4.79 Å². The van der Waals surface area contributed by atoms with E-state index in [4.69, 9.17) is 16.6 Å². The number of hydrogen-bond donors (Lipinski definition) is 3. The molecule has 0 fully saturated rings. The number of rotatable bonds is 3. The molecule has 5 N–H and O–H groups in total. The van der Waals surface area contributed by atoms with Gasteiger partial charge < -0.3 is 16.6 Å². The maximum Gasteiger partial charge on any atom is 0.320 e. The van der Waals surface area contributed by atoms with Gasteiger partial charge in [-0.25, -0.2) is 0 Å². The highest BCUT2D eigenvalue weighted by Gasteiger charge is 2.25. The molecule has 2 atom stereocenters. The van der Waals surface area contributed by atoms with Crippen LogP contribution >= 0.6 is 0 Å². The minimum absolute atomic E-state index is 0.0902. The maximum absolute atomic E-state index is 10.4. The molecule has 4 heteroatoms. The Kier molecular flexibility index (Phi) is 3.67. The van der Waals surface area contributed by atoms with Crippen molar-refractivity contribution in [3.8, 4) is 0 Å². The Morgan fingerprint density at radius 2 is 1.83 bits per heavy atom. The molecule has 0 radical (unpaired) electrons. The third-order valence-electron chi connectivity index (χ3n) is 1.94. The van der Waals surface area contributed by atoms with Crippen LogP contribution in [0.15, 0.2) is 0 Å². The van der Waals surface area contributed by atoms with E-state index in [1.807, 2.05) is 20.8 Å². The van der Waals surface area contributed by atoms with Crippen molar-refractivity contribution in [1.29, 1.82) is 0 Å². The molecule has 0 aromatic carbocycles. The van der Waals surface area contributed by atoms with Crippen LogP contribution in [0.25, 0.3) is 0 Å². The molecular weight excluding hydrogens is 156 g/mol. The number of aliphatic carboxylic acids is 1. The molecule has 2 unspecified atom stereocenters. The smallest absolute Gasteiger partial charge is 0.320 e. The standard InChI is InChI=1S/C8H18N2O2/c1-8(2,3)6(10)4-5(9)7(11)12/h5-6H,4,9-10H2,1-3H3,(H,11,12). The minimum atomic E-state index is -0.991. The SMILES string of the molecule is CC(C)(C)C(N)CC(N)C(=O)O. The van der Waals surface area contributed by atoms with Gasteiger partial charge in [-0.2, -0.15) is 0 Å². The lowest BCUT2D eigenvalue weighted by atomic mass is 9.84. The lowest BCUT2D eigenvalue weighted by molar-refractivity contribution is -0.138. The topological polar surface area (TPSA) is 89.3 Å². The minimum Gasteiger partial charge on any atom is -0.480 e. The van der Waals surface area contributed by atoms with Crippen LogP contribution in [-0.2, 0) is 4.79 Å². The summed E-state index contributed by atoms with van der Waals surface area (Å²) >= 11 is 0. The van der Waals surface area contributed by atoms with Crippen LogP contribution in [0.1, 0.15) is 27.2 Å². The summed E-state index contributed by atoms with van der Waals surface area (Å²) in [4.78, 5) is 10.4. The van der Waals surface area contributed by atoms with Gasteiger partial charge in [-0.1, -0.05) is 20.8 Å². The lowest BCUT2D eigenvalue weighted by Gasteiger charge is -2.28. The normalized spacial score (nSPS) is 17.1. The highest BCUT2D eigenvalue weighted by Crippen LogP contribution is 2.20. The Bertz CT molecular complexity index is 163. The second kappa shape index (κ2) is 3.87. The van der Waals surface area contributed by atoms with Gasteiger partial charge in [0.05, 0.1) is 0 Å². The van der Waals surface area contributed by atoms with Crippen LogP contribution < -0.4 is 11.5 Å². The molecule has 0 heterocycles. The van der Waals surface area contributed by atoms with E-state index in [0.717, 1.165) is 0 Å². The molecule has 0 saturated heterocycles. The van der Waals surface area contributed by atoms with Gasteiger partial charge >= 0.3 is 5.97 Å². The van der Waals surface area contributed by atoms with Crippen molar-refractivity contribution < 1.29 is 9.90 Å². The Morgan fingerprint density at radius 3 is 2.08 bits per heavy atom. The van der Waals surface area contributed by atoms with Gasteiger partial charge in [0.25, 0.3) is 0 Å². The molecule has 0 bridgehead atoms. The van der Waals surface area contributed by atoms with Gasteiger partial charge in [-0.05, 0) is 11.8 Å². The van der Waals surface area contributed by atoms with Crippen molar-refractivity contribution >= 4 is 5.97 Å². The summed E-state index contributed by atoms with van der Waals surface area (Å²) in [5, 5.41) is 8.52. The fraction of sp³-hybridized carbons (Fsp3) is 0.875. The number of nitrogens with two attached hydrogens (primary N) is 2. The van der Waals surface area contributed by atoms with E-state index < -0.39 is 12.0 Å². The summed E-state index contributed by atoms with van der Waals surface area (Å²) in [5.41, 5.74) is 11.0. The molecule has 0 saturated carbocycles. The summed E-state index contributed by atoms with van der Waals surface area (Å²) in [6, 6.07) is -1.03. The highest BCUT2D eigenvalue weighted by molar-refractivity contribution is 5.73. The Hall–Kier alpha value is -0.610. The van der Waals surface area contributed by atoms with Gasteiger partial charge in [0, 0.05) is 6.04 Å². The second-order valence-electron chi connectivity index (χ2n) is 4.15. The van der Waals surface area contributed by atoms with Crippen LogP contribution in [0.5, 0.6) is 0 Å². The van der Waals surface area contributed by atoms with E-state index in [2.05, 4.69) is 0 Å². The fourth-order valence-corrected chi connectivity index (χ4v) is 0.728. The van der Waals surface area contributed by atoms with E-state index >= 15 is 0 Å². The zero-order chi connectivity index (χ0) is 9.94. The lowest BCUT2D eigenvalue weighted by Crippen LogP contribution is -2.43. The molecule has 0 aliphatic heterocycles. The zero-order valence-corrected chi connectivity index (χ0v) is 7.87. The summed E-state index contributed by atoms with van der Waals surface area (Å²) in [6.07, 6.45) is 0.318. The van der Waals surface area contributed by atoms with Crippen molar-refractivity contribution in [1.82, 2.24) is 0 Å². The van der Waals surface area contributed by atoms with E-state index in [-0.39, 0.29) is 11.5 Å². The number of carbonyl (C=O) groups is 1. The zero-order valence-electron chi connectivity index (χ0n) is 7.87. The van der Waals surface area contributed by atoms with Gasteiger partial charge in [-0.15, -0.1) is 0 Å². The third-order valence-corrected chi connectivity index (χ3v) is 1.94. The molecule has 0 aliphatic rings. The van der Waals surface area contributed by atoms with Crippen molar-refractivity contribution in [2.45, 2.75) is 39.3 Å². The number of carboxylic acid groups (broad SMARTS) is 1. The van der Waals surface area contributed by atoms with Gasteiger partial charge in [0.15, 0.2) is 0 Å². The van der Waals surface area contributed by atoms with Crippen LogP contribution in [0.2, 0.25) is 0 Å². The van der Waals surface area contributed by atoms with Crippen molar-refractivity contribution in [3.63, 3.8) is 0 Å². The number of carboxylic acids is 1. The van der Waals surface area contributed by atoms with Crippen molar-refractivity contribution in [2.75, 3.05) is 0 Å². The first-order valence-electron chi connectivity index (χ1n) is 3.99. The quantitative estimate of drug-likeness (QED) is 0.568. The van der Waals surface area contributed by atoms with Crippen molar-refractivity contribution in [3.05, 3.63) is 0 Å². The van der Waals surface area contributed by atoms with E-state index in [0.29, 0.717) is 6.42 Å². The molecule has 4 nitrogen and oxygen atoms in total. The molecule has 0 spiro atoms. The highest BCUT2D eigenvalue weighted by atomic mass is 16.4. The van der Waals surface area contributed by atoms with Crippen LogP contribution in [0, 0.1) is 5.41 Å². The molecule has 72 valence electrons. The van der Waals surface area contributed by atoms with E-state index in [9.17, 15) is 4.79 Å². The largest absolute Gasteiger partial charge is 0.480 e. The monoisotopic (exact) mass is 174 g/mol. The molecule has 0 aromatic rings. The Balaban J connectivity index is 4.01. The second-order valence-corrected chi connectivity index (χ2v) is 4.15. The van der Waals surface area contributed by atoms with Crippen LogP contribution in [0.4, 0.5) is 0 Å². The van der Waals surface area contributed by atoms with Gasteiger partial charge in [0.2, 0.25) is 0 Å². The molecule has 0 amide bonds. The first kappa shape index (κ1) is 11.4. The molecule has 0 rings (SSSR count). The van der Waals surface area contributed by atoms with E-state index in [1.165, 1.54) is 0 Å². The average Bonchev–Trinajstić information content (AvgIpc) is 1.85. The van der Waals surface area contributed by atoms with Crippen LogP contribution in [-0.4, -0.2) is 23.2 Å². The maximum atomic E-state index is 10.4. The van der Waals surface area contributed by atoms with Crippen LogP contribution in [0.3, 0.4) is 0 Å². The summed E-state index contributed by atoms with van der Waals surface area (Å²) in [6.45, 7) is 5.89. The predicted molar refractivity (Wildman–Crippen MR) is 47.7 cm³/mol. The van der Waals surface area contributed by atoms with Gasteiger partial charge in [0.1, 0.15) is 6.04 Å². The summed E-state index contributed by atoms with van der Waals surface area (Å²) < 4.78 is 0. The molecule has 0 aliphatic carbocycles. The number of hydrogen-bond acceptors (Lipinski definition) is 3. The summed E-state index contributed by atoms with van der Waals surface area (Å²) in [7, 11) is 0. The summed E-state index contributed by atoms with van der Waals surface area (Å²) in [5.74, 6) is -0.991. The van der Waals surface area contributed by atoms with Crippen molar-refractivity contribution in [2.24, 2.45) is 16.9 Å². The van der Waals surface area contributed by atoms with E-state index in [1.54, 1.807) is 0 Å². The first-order valence-corrected chi connectivity index (χ1v) is 3.99. The molecule has 0 aromatic heterocycles. The molecule has 12 heavy (non-hydrogen) atoms. The predicted octanol–water partition coefficient (Wildman–Crippen LogP) is 0.162. The third kappa shape index (κ3) is 3.69.